The maximum Gasteiger partial charge on any atom is 0.186 e. The molecule has 1 rings (SSSR count). The van der Waals surface area contributed by atoms with Crippen LogP contribution in [0.15, 0.2) is 11.5 Å². The fourth-order valence-electron chi connectivity index (χ4n) is 0.912. The van der Waals surface area contributed by atoms with Crippen LogP contribution in [0.4, 0.5) is 0 Å². The van der Waals surface area contributed by atoms with Crippen molar-refractivity contribution < 1.29 is 4.79 Å². The highest BCUT2D eigenvalue weighted by Crippen LogP contribution is 2.13. The van der Waals surface area contributed by atoms with Crippen molar-refractivity contribution in [1.82, 2.24) is 14.8 Å². The second kappa shape index (κ2) is 5.01. The number of aryl methyl sites for hydroxylation is 1. The lowest BCUT2D eigenvalue weighted by Crippen LogP contribution is -2.02. The van der Waals surface area contributed by atoms with Crippen molar-refractivity contribution in [2.24, 2.45) is 7.05 Å². The van der Waals surface area contributed by atoms with Gasteiger partial charge in [0.15, 0.2) is 5.16 Å². The molecular formula is C8H13N3OS. The molecule has 0 unspecified atom stereocenters. The van der Waals surface area contributed by atoms with E-state index < -0.39 is 0 Å². The number of hydrogen-bond acceptors (Lipinski definition) is 4. The predicted molar refractivity (Wildman–Crippen MR) is 51.6 cm³/mol. The third-order valence-corrected chi connectivity index (χ3v) is 2.66. The van der Waals surface area contributed by atoms with Crippen molar-refractivity contribution >= 4 is 17.5 Å². The van der Waals surface area contributed by atoms with E-state index in [2.05, 4.69) is 10.1 Å². The van der Waals surface area contributed by atoms with E-state index >= 15 is 0 Å². The lowest BCUT2D eigenvalue weighted by Gasteiger charge is -1.98. The maximum atomic E-state index is 11.2. The second-order valence-corrected chi connectivity index (χ2v) is 3.69. The van der Waals surface area contributed by atoms with Crippen LogP contribution in [0.1, 0.15) is 19.8 Å². The molecular weight excluding hydrogens is 186 g/mol. The smallest absolute Gasteiger partial charge is 0.186 e. The fourth-order valence-corrected chi connectivity index (χ4v) is 1.70. The molecule has 0 atom stereocenters. The van der Waals surface area contributed by atoms with Gasteiger partial charge < -0.3 is 0 Å². The number of hydrogen-bond donors (Lipinski definition) is 0. The lowest BCUT2D eigenvalue weighted by molar-refractivity contribution is -0.116. The highest BCUT2D eigenvalue weighted by Gasteiger charge is 2.05. The van der Waals surface area contributed by atoms with Gasteiger partial charge in [-0.05, 0) is 6.42 Å². The highest BCUT2D eigenvalue weighted by molar-refractivity contribution is 7.99. The van der Waals surface area contributed by atoms with Crippen LogP contribution in [0.3, 0.4) is 0 Å². The largest absolute Gasteiger partial charge is 0.299 e. The van der Waals surface area contributed by atoms with Gasteiger partial charge in [-0.25, -0.2) is 9.67 Å². The summed E-state index contributed by atoms with van der Waals surface area (Å²) in [5, 5.41) is 4.71. The van der Waals surface area contributed by atoms with Gasteiger partial charge in [-0.3, -0.25) is 4.79 Å². The standard InChI is InChI=1S/C8H13N3OS/c1-3-4-7(12)5-13-8-9-6-10-11(8)2/h6H,3-5H2,1-2H3. The lowest BCUT2D eigenvalue weighted by atomic mass is 10.3. The molecule has 0 aliphatic rings. The molecule has 0 saturated heterocycles. The van der Waals surface area contributed by atoms with Gasteiger partial charge in [0.05, 0.1) is 5.75 Å². The Morgan fingerprint density at radius 2 is 2.46 bits per heavy atom. The van der Waals surface area contributed by atoms with Crippen LogP contribution in [0.2, 0.25) is 0 Å². The Labute approximate surface area is 81.7 Å². The number of nitrogens with zero attached hydrogens (tertiary/aromatic N) is 3. The first-order valence-electron chi connectivity index (χ1n) is 4.22. The Morgan fingerprint density at radius 3 is 3.00 bits per heavy atom. The van der Waals surface area contributed by atoms with Gasteiger partial charge in [0.2, 0.25) is 0 Å². The van der Waals surface area contributed by atoms with Gasteiger partial charge in [-0.15, -0.1) is 0 Å². The third-order valence-electron chi connectivity index (χ3n) is 1.56. The molecule has 0 fully saturated rings. The van der Waals surface area contributed by atoms with Crippen LogP contribution in [0.5, 0.6) is 0 Å². The summed E-state index contributed by atoms with van der Waals surface area (Å²) in [7, 11) is 1.82. The average molecular weight is 199 g/mol. The van der Waals surface area contributed by atoms with Crippen LogP contribution >= 0.6 is 11.8 Å². The molecule has 72 valence electrons. The summed E-state index contributed by atoms with van der Waals surface area (Å²) in [4.78, 5) is 15.2. The van der Waals surface area contributed by atoms with E-state index in [0.717, 1.165) is 11.6 Å². The summed E-state index contributed by atoms with van der Waals surface area (Å²) < 4.78 is 1.67. The van der Waals surface area contributed by atoms with Crippen molar-refractivity contribution in [3.63, 3.8) is 0 Å². The van der Waals surface area contributed by atoms with E-state index in [1.807, 2.05) is 14.0 Å². The normalized spacial score (nSPS) is 10.3. The van der Waals surface area contributed by atoms with Crippen LogP contribution in [-0.4, -0.2) is 26.3 Å². The zero-order chi connectivity index (χ0) is 9.68. The molecule has 0 spiro atoms. The number of Topliss-reactive ketones (excluding diaryl/α,β-unsaturated/α-hetero) is 1. The number of ketones is 1. The molecule has 0 aromatic carbocycles. The van der Waals surface area contributed by atoms with Gasteiger partial charge >= 0.3 is 0 Å². The highest BCUT2D eigenvalue weighted by atomic mass is 32.2. The zero-order valence-corrected chi connectivity index (χ0v) is 8.67. The van der Waals surface area contributed by atoms with E-state index in [0.29, 0.717) is 12.2 Å². The molecule has 0 saturated carbocycles. The summed E-state index contributed by atoms with van der Waals surface area (Å²) in [5.74, 6) is 0.774. The monoisotopic (exact) mass is 199 g/mol. The van der Waals surface area contributed by atoms with Crippen LogP contribution in [-0.2, 0) is 11.8 Å². The van der Waals surface area contributed by atoms with Crippen molar-refractivity contribution in [1.29, 1.82) is 0 Å². The summed E-state index contributed by atoms with van der Waals surface area (Å²) in [6, 6.07) is 0. The van der Waals surface area contributed by atoms with Gasteiger partial charge in [0, 0.05) is 13.5 Å². The zero-order valence-electron chi connectivity index (χ0n) is 7.86. The van der Waals surface area contributed by atoms with E-state index in [-0.39, 0.29) is 5.78 Å². The van der Waals surface area contributed by atoms with Crippen molar-refractivity contribution in [3.05, 3.63) is 6.33 Å². The minimum Gasteiger partial charge on any atom is -0.299 e. The van der Waals surface area contributed by atoms with Crippen molar-refractivity contribution in [2.75, 3.05) is 5.75 Å². The molecule has 1 heterocycles. The Kier molecular flexibility index (Phi) is 3.95. The number of rotatable bonds is 5. The topological polar surface area (TPSA) is 47.8 Å². The SMILES string of the molecule is CCCC(=O)CSc1ncnn1C. The first kappa shape index (κ1) is 10.2. The number of carbonyl (C=O) groups is 1. The number of aromatic nitrogens is 3. The molecule has 0 amide bonds. The molecule has 0 bridgehead atoms. The quantitative estimate of drug-likeness (QED) is 0.670. The van der Waals surface area contributed by atoms with Gasteiger partial charge in [-0.1, -0.05) is 18.7 Å². The summed E-state index contributed by atoms with van der Waals surface area (Å²) in [6.45, 7) is 2.00. The van der Waals surface area contributed by atoms with E-state index in [1.54, 1.807) is 4.68 Å². The van der Waals surface area contributed by atoms with E-state index in [1.165, 1.54) is 18.1 Å². The van der Waals surface area contributed by atoms with Crippen LogP contribution in [0, 0.1) is 0 Å². The summed E-state index contributed by atoms with van der Waals surface area (Å²) in [5.41, 5.74) is 0. The first-order chi connectivity index (χ1) is 6.24. The third kappa shape index (κ3) is 3.18. The van der Waals surface area contributed by atoms with E-state index in [4.69, 9.17) is 0 Å². The molecule has 0 aliphatic carbocycles. The Balaban J connectivity index is 2.35. The van der Waals surface area contributed by atoms with Gasteiger partial charge in [0.1, 0.15) is 12.1 Å². The molecule has 0 N–H and O–H groups in total. The average Bonchev–Trinajstić information content (AvgIpc) is 2.48. The molecule has 13 heavy (non-hydrogen) atoms. The minimum atomic E-state index is 0.274. The molecule has 1 aromatic heterocycles. The molecule has 5 heteroatoms. The molecule has 4 nitrogen and oxygen atoms in total. The maximum absolute atomic E-state index is 11.2. The summed E-state index contributed by atoms with van der Waals surface area (Å²) in [6.07, 6.45) is 3.07. The molecule has 1 aromatic rings. The minimum absolute atomic E-state index is 0.274. The number of carbonyl (C=O) groups excluding carboxylic acids is 1. The van der Waals surface area contributed by atoms with Gasteiger partial charge in [0.25, 0.3) is 0 Å². The Bertz CT molecular complexity index is 285. The second-order valence-electron chi connectivity index (χ2n) is 2.74. The summed E-state index contributed by atoms with van der Waals surface area (Å²) >= 11 is 1.44. The first-order valence-corrected chi connectivity index (χ1v) is 5.21. The van der Waals surface area contributed by atoms with E-state index in [9.17, 15) is 4.79 Å². The van der Waals surface area contributed by atoms with Crippen LogP contribution < -0.4 is 0 Å². The number of thioether (sulfide) groups is 1. The van der Waals surface area contributed by atoms with Gasteiger partial charge in [-0.2, -0.15) is 5.10 Å². The van der Waals surface area contributed by atoms with Crippen molar-refractivity contribution in [2.45, 2.75) is 24.9 Å². The predicted octanol–water partition coefficient (Wildman–Crippen LogP) is 1.28. The Hall–Kier alpha value is -0.840. The Morgan fingerprint density at radius 1 is 1.69 bits per heavy atom. The fraction of sp³-hybridized carbons (Fsp3) is 0.625. The molecule has 0 radical (unpaired) electrons. The van der Waals surface area contributed by atoms with Crippen LogP contribution in [0.25, 0.3) is 0 Å². The molecule has 0 aliphatic heterocycles. The van der Waals surface area contributed by atoms with Crippen molar-refractivity contribution in [3.8, 4) is 0 Å².